The lowest BCUT2D eigenvalue weighted by Gasteiger charge is -2.41. The first-order chi connectivity index (χ1) is 28.5. The van der Waals surface area contributed by atoms with Crippen LogP contribution in [0.5, 0.6) is 0 Å². The normalized spacial score (nSPS) is 22.6. The zero-order valence-corrected chi connectivity index (χ0v) is 38.0. The summed E-state index contributed by atoms with van der Waals surface area (Å²) in [6.07, 6.45) is 29.6. The lowest BCUT2D eigenvalue weighted by molar-refractivity contribution is -0.220. The minimum atomic E-state index is -5.01. The van der Waals surface area contributed by atoms with E-state index in [2.05, 4.69) is 38.2 Å². The van der Waals surface area contributed by atoms with Gasteiger partial charge >= 0.3 is 13.8 Å². The van der Waals surface area contributed by atoms with Crippen LogP contribution in [0.25, 0.3) is 0 Å². The molecule has 0 aliphatic heterocycles. The molecule has 0 saturated heterocycles. The van der Waals surface area contributed by atoms with E-state index < -0.39 is 63.1 Å². The number of phosphoric acid groups is 1. The average molecular weight is 863 g/mol. The number of allylic oxidation sites excluding steroid dienone is 4. The van der Waals surface area contributed by atoms with Crippen molar-refractivity contribution in [1.82, 2.24) is 0 Å². The van der Waals surface area contributed by atoms with Crippen LogP contribution in [0.4, 0.5) is 0 Å². The van der Waals surface area contributed by atoms with Crippen LogP contribution in [0.2, 0.25) is 0 Å². The monoisotopic (exact) mass is 863 g/mol. The van der Waals surface area contributed by atoms with Crippen molar-refractivity contribution < 1.29 is 58.3 Å². The van der Waals surface area contributed by atoms with E-state index in [4.69, 9.17) is 18.5 Å². The summed E-state index contributed by atoms with van der Waals surface area (Å²) in [5.41, 5.74) is 0. The predicted octanol–water partition coefficient (Wildman–Crippen LogP) is 9.70. The molecular weight excluding hydrogens is 775 g/mol. The number of unbranched alkanes of at least 4 members (excludes halogenated alkanes) is 24. The molecule has 1 aliphatic carbocycles. The Bertz CT molecular complexity index is 1070. The maximum atomic E-state index is 12.8. The van der Waals surface area contributed by atoms with Gasteiger partial charge in [0, 0.05) is 13.0 Å². The SMILES string of the molecule is CCCCCCC/C=C\C/C=C\CCCCCCCCCCCC(=O)OC(COCCCCCCCCCCCCC)COP(=O)(O)OC1C(O)C(O)C(O)C(O)C1O. The van der Waals surface area contributed by atoms with Crippen LogP contribution in [0.3, 0.4) is 0 Å². The molecule has 0 aromatic carbocycles. The molecule has 6 unspecified atom stereocenters. The lowest BCUT2D eigenvalue weighted by Crippen LogP contribution is -2.64. The third kappa shape index (κ3) is 29.7. The lowest BCUT2D eigenvalue weighted by atomic mass is 9.85. The van der Waals surface area contributed by atoms with Gasteiger partial charge in [0.15, 0.2) is 0 Å². The van der Waals surface area contributed by atoms with E-state index in [1.807, 2.05) is 0 Å². The predicted molar refractivity (Wildman–Crippen MR) is 235 cm³/mol. The van der Waals surface area contributed by atoms with Gasteiger partial charge < -0.3 is 39.9 Å². The molecule has 0 aromatic heterocycles. The van der Waals surface area contributed by atoms with E-state index in [0.29, 0.717) is 13.0 Å². The van der Waals surface area contributed by atoms with Crippen molar-refractivity contribution in [2.75, 3.05) is 19.8 Å². The van der Waals surface area contributed by atoms with Crippen molar-refractivity contribution >= 4 is 13.8 Å². The number of rotatable bonds is 40. The van der Waals surface area contributed by atoms with Crippen LogP contribution in [0.15, 0.2) is 24.3 Å². The number of aliphatic hydroxyl groups is 5. The minimum Gasteiger partial charge on any atom is -0.457 e. The fourth-order valence-electron chi connectivity index (χ4n) is 7.27. The Balaban J connectivity index is 2.34. The van der Waals surface area contributed by atoms with E-state index in [0.717, 1.165) is 51.4 Å². The van der Waals surface area contributed by atoms with Crippen LogP contribution < -0.4 is 0 Å². The van der Waals surface area contributed by atoms with Gasteiger partial charge in [-0.15, -0.1) is 0 Å². The summed E-state index contributed by atoms with van der Waals surface area (Å²) in [4.78, 5) is 23.1. The molecule has 6 atom stereocenters. The molecule has 1 fully saturated rings. The van der Waals surface area contributed by atoms with Crippen LogP contribution >= 0.6 is 7.82 Å². The van der Waals surface area contributed by atoms with Crippen molar-refractivity contribution in [2.45, 2.75) is 243 Å². The fourth-order valence-corrected chi connectivity index (χ4v) is 8.24. The summed E-state index contributed by atoms with van der Waals surface area (Å²) >= 11 is 0. The molecule has 0 heterocycles. The highest BCUT2D eigenvalue weighted by Crippen LogP contribution is 2.47. The van der Waals surface area contributed by atoms with Gasteiger partial charge in [0.1, 0.15) is 42.7 Å². The molecule has 0 radical (unpaired) electrons. The Labute approximate surface area is 358 Å². The topological polar surface area (TPSA) is 192 Å². The number of hydrogen-bond donors (Lipinski definition) is 6. The smallest absolute Gasteiger partial charge is 0.457 e. The summed E-state index contributed by atoms with van der Waals surface area (Å²) in [5, 5.41) is 50.1. The largest absolute Gasteiger partial charge is 0.472 e. The second-order valence-electron chi connectivity index (χ2n) is 16.6. The van der Waals surface area contributed by atoms with E-state index in [9.17, 15) is 39.8 Å². The standard InChI is InChI=1S/C46H87O12P/c1-3-5-7-9-11-13-15-16-17-18-19-20-21-22-23-24-25-27-29-31-33-35-40(47)57-39(37-55-36-34-32-30-28-26-14-12-10-8-6-4-2)38-56-59(53,54)58-46-44(51)42(49)41(48)43(50)45(46)52/h15-16,18-19,39,41-46,48-52H,3-14,17,20-38H2,1-2H3,(H,53,54)/b16-15-,19-18-. The van der Waals surface area contributed by atoms with Crippen molar-refractivity contribution in [3.05, 3.63) is 24.3 Å². The molecule has 1 rings (SSSR count). The van der Waals surface area contributed by atoms with Gasteiger partial charge in [-0.25, -0.2) is 4.57 Å². The Kier molecular flexibility index (Phi) is 35.4. The highest BCUT2D eigenvalue weighted by atomic mass is 31.2. The molecule has 0 amide bonds. The van der Waals surface area contributed by atoms with Gasteiger partial charge in [0.05, 0.1) is 13.2 Å². The van der Waals surface area contributed by atoms with Crippen molar-refractivity contribution in [1.29, 1.82) is 0 Å². The molecule has 1 aliphatic rings. The maximum absolute atomic E-state index is 12.8. The van der Waals surface area contributed by atoms with Crippen molar-refractivity contribution in [2.24, 2.45) is 0 Å². The van der Waals surface area contributed by atoms with E-state index in [-0.39, 0.29) is 13.0 Å². The Morgan fingerprint density at radius 2 is 0.949 bits per heavy atom. The first kappa shape index (κ1) is 55.8. The summed E-state index contributed by atoms with van der Waals surface area (Å²) in [6.45, 7) is 4.25. The number of esters is 1. The third-order valence-electron chi connectivity index (χ3n) is 11.1. The second-order valence-corrected chi connectivity index (χ2v) is 18.0. The van der Waals surface area contributed by atoms with Crippen molar-refractivity contribution in [3.63, 3.8) is 0 Å². The Morgan fingerprint density at radius 1 is 0.542 bits per heavy atom. The molecule has 6 N–H and O–H groups in total. The molecular formula is C46H87O12P. The van der Waals surface area contributed by atoms with Gasteiger partial charge in [0.2, 0.25) is 0 Å². The number of aliphatic hydroxyl groups excluding tert-OH is 5. The number of hydrogen-bond acceptors (Lipinski definition) is 11. The fraction of sp³-hybridized carbons (Fsp3) is 0.891. The number of carbonyl (C=O) groups excluding carboxylic acids is 1. The van der Waals surface area contributed by atoms with Crippen LogP contribution in [0, 0.1) is 0 Å². The third-order valence-corrected chi connectivity index (χ3v) is 12.1. The molecule has 0 bridgehead atoms. The molecule has 348 valence electrons. The maximum Gasteiger partial charge on any atom is 0.472 e. The minimum absolute atomic E-state index is 0.0747. The molecule has 13 heteroatoms. The summed E-state index contributed by atoms with van der Waals surface area (Å²) in [7, 11) is -5.01. The Hall–Kier alpha value is -1.18. The van der Waals surface area contributed by atoms with Gasteiger partial charge in [0.25, 0.3) is 0 Å². The summed E-state index contributed by atoms with van der Waals surface area (Å²) in [5.74, 6) is -0.480. The molecule has 12 nitrogen and oxygen atoms in total. The zero-order chi connectivity index (χ0) is 43.4. The molecule has 59 heavy (non-hydrogen) atoms. The first-order valence-electron chi connectivity index (χ1n) is 23.7. The first-order valence-corrected chi connectivity index (χ1v) is 25.2. The highest BCUT2D eigenvalue weighted by molar-refractivity contribution is 7.47. The van der Waals surface area contributed by atoms with Gasteiger partial charge in [-0.05, 0) is 44.9 Å². The van der Waals surface area contributed by atoms with Crippen LogP contribution in [-0.2, 0) is 27.9 Å². The van der Waals surface area contributed by atoms with Crippen molar-refractivity contribution in [3.8, 4) is 0 Å². The quantitative estimate of drug-likeness (QED) is 0.0148. The molecule has 0 spiro atoms. The second kappa shape index (κ2) is 37.4. The molecule has 1 saturated carbocycles. The number of carbonyl (C=O) groups is 1. The Morgan fingerprint density at radius 3 is 1.42 bits per heavy atom. The van der Waals surface area contributed by atoms with Gasteiger partial charge in [-0.3, -0.25) is 13.8 Å². The van der Waals surface area contributed by atoms with E-state index >= 15 is 0 Å². The zero-order valence-electron chi connectivity index (χ0n) is 37.1. The highest BCUT2D eigenvalue weighted by Gasteiger charge is 2.51. The van der Waals surface area contributed by atoms with Crippen LogP contribution in [0.1, 0.15) is 200 Å². The molecule has 0 aromatic rings. The van der Waals surface area contributed by atoms with E-state index in [1.54, 1.807) is 0 Å². The van der Waals surface area contributed by atoms with E-state index in [1.165, 1.54) is 122 Å². The van der Waals surface area contributed by atoms with Gasteiger partial charge in [-0.1, -0.05) is 173 Å². The summed E-state index contributed by atoms with van der Waals surface area (Å²) in [6, 6.07) is 0. The average Bonchev–Trinajstić information content (AvgIpc) is 3.22. The number of ether oxygens (including phenoxy) is 2. The number of phosphoric ester groups is 1. The van der Waals surface area contributed by atoms with Crippen LogP contribution in [-0.4, -0.2) is 98.9 Å². The summed E-state index contributed by atoms with van der Waals surface area (Å²) < 4.78 is 34.1. The van der Waals surface area contributed by atoms with Gasteiger partial charge in [-0.2, -0.15) is 0 Å².